The minimum Gasteiger partial charge on any atom is -0.494 e. The lowest BCUT2D eigenvalue weighted by molar-refractivity contribution is -0.132. The van der Waals surface area contributed by atoms with Gasteiger partial charge in [0.2, 0.25) is 5.91 Å². The third-order valence-electron chi connectivity index (χ3n) is 3.82. The van der Waals surface area contributed by atoms with Crippen molar-refractivity contribution in [1.82, 2.24) is 4.90 Å². The standard InChI is InChI=1S/C20H20FNO3S/c21-16-7-9-17(10-8-16)24-12-2-6-20(23)22(14-18-4-1-11-25-18)15-19-5-3-13-26-19/h1,3-5,7-11,13H,2,6,12,14-15H2. The first-order chi connectivity index (χ1) is 12.7. The maximum absolute atomic E-state index is 12.9. The predicted octanol–water partition coefficient (Wildman–Crippen LogP) is 4.87. The fraction of sp³-hybridized carbons (Fsp3) is 0.250. The van der Waals surface area contributed by atoms with Crippen molar-refractivity contribution in [3.05, 3.63) is 76.6 Å². The largest absolute Gasteiger partial charge is 0.494 e. The molecule has 4 nitrogen and oxygen atoms in total. The zero-order valence-corrected chi connectivity index (χ0v) is 15.1. The van der Waals surface area contributed by atoms with Gasteiger partial charge in [-0.3, -0.25) is 4.79 Å². The number of thiophene rings is 1. The topological polar surface area (TPSA) is 42.7 Å². The summed E-state index contributed by atoms with van der Waals surface area (Å²) < 4.78 is 23.8. The minimum absolute atomic E-state index is 0.0532. The van der Waals surface area contributed by atoms with Crippen molar-refractivity contribution in [3.8, 4) is 5.75 Å². The molecule has 0 bridgehead atoms. The summed E-state index contributed by atoms with van der Waals surface area (Å²) in [5, 5.41) is 2.00. The lowest BCUT2D eigenvalue weighted by Gasteiger charge is -2.21. The monoisotopic (exact) mass is 373 g/mol. The smallest absolute Gasteiger partial charge is 0.223 e. The van der Waals surface area contributed by atoms with E-state index < -0.39 is 0 Å². The van der Waals surface area contributed by atoms with Crippen molar-refractivity contribution < 1.29 is 18.3 Å². The molecule has 0 radical (unpaired) electrons. The summed E-state index contributed by atoms with van der Waals surface area (Å²) in [6.07, 6.45) is 2.59. The molecule has 0 spiro atoms. The molecule has 0 unspecified atom stereocenters. The van der Waals surface area contributed by atoms with Crippen LogP contribution in [0.3, 0.4) is 0 Å². The lowest BCUT2D eigenvalue weighted by atomic mass is 10.2. The molecule has 26 heavy (non-hydrogen) atoms. The fourth-order valence-electron chi connectivity index (χ4n) is 2.52. The Morgan fingerprint density at radius 2 is 1.96 bits per heavy atom. The van der Waals surface area contributed by atoms with Crippen LogP contribution in [0.1, 0.15) is 23.5 Å². The summed E-state index contributed by atoms with van der Waals surface area (Å²) >= 11 is 1.63. The number of nitrogens with zero attached hydrogens (tertiary/aromatic N) is 1. The van der Waals surface area contributed by atoms with E-state index in [4.69, 9.17) is 9.15 Å². The number of furan rings is 1. The molecule has 0 aliphatic rings. The lowest BCUT2D eigenvalue weighted by Crippen LogP contribution is -2.29. The number of hydrogen-bond acceptors (Lipinski definition) is 4. The summed E-state index contributed by atoms with van der Waals surface area (Å²) in [5.74, 6) is 1.12. The third-order valence-corrected chi connectivity index (χ3v) is 4.68. The van der Waals surface area contributed by atoms with Crippen molar-refractivity contribution in [2.75, 3.05) is 6.61 Å². The van der Waals surface area contributed by atoms with Crippen LogP contribution in [0.25, 0.3) is 0 Å². The Morgan fingerprint density at radius 3 is 2.65 bits per heavy atom. The molecule has 0 aliphatic carbocycles. The summed E-state index contributed by atoms with van der Waals surface area (Å²) in [7, 11) is 0. The van der Waals surface area contributed by atoms with Gasteiger partial charge in [0.15, 0.2) is 0 Å². The SMILES string of the molecule is O=C(CCCOc1ccc(F)cc1)N(Cc1ccco1)Cc1cccs1. The zero-order valence-electron chi connectivity index (χ0n) is 14.3. The van der Waals surface area contributed by atoms with E-state index in [-0.39, 0.29) is 11.7 Å². The average molecular weight is 373 g/mol. The highest BCUT2D eigenvalue weighted by Gasteiger charge is 2.16. The molecule has 1 amide bonds. The van der Waals surface area contributed by atoms with E-state index >= 15 is 0 Å². The van der Waals surface area contributed by atoms with Crippen LogP contribution in [0.4, 0.5) is 4.39 Å². The second-order valence-corrected chi connectivity index (χ2v) is 6.85. The summed E-state index contributed by atoms with van der Waals surface area (Å²) in [6, 6.07) is 13.6. The molecule has 3 aromatic rings. The highest BCUT2D eigenvalue weighted by molar-refractivity contribution is 7.09. The van der Waals surface area contributed by atoms with Crippen LogP contribution in [-0.4, -0.2) is 17.4 Å². The Hall–Kier alpha value is -2.60. The first-order valence-electron chi connectivity index (χ1n) is 8.41. The Morgan fingerprint density at radius 1 is 1.12 bits per heavy atom. The van der Waals surface area contributed by atoms with Gasteiger partial charge >= 0.3 is 0 Å². The normalized spacial score (nSPS) is 10.7. The van der Waals surface area contributed by atoms with Gasteiger partial charge < -0.3 is 14.1 Å². The number of carbonyl (C=O) groups is 1. The minimum atomic E-state index is -0.297. The maximum Gasteiger partial charge on any atom is 0.223 e. The van der Waals surface area contributed by atoms with E-state index in [1.54, 1.807) is 34.6 Å². The molecule has 0 fully saturated rings. The molecule has 136 valence electrons. The van der Waals surface area contributed by atoms with Gasteiger partial charge in [0.05, 0.1) is 26.0 Å². The van der Waals surface area contributed by atoms with Gasteiger partial charge in [-0.05, 0) is 54.3 Å². The van der Waals surface area contributed by atoms with E-state index in [9.17, 15) is 9.18 Å². The molecular weight excluding hydrogens is 353 g/mol. The number of halogens is 1. The van der Waals surface area contributed by atoms with Crippen molar-refractivity contribution in [2.45, 2.75) is 25.9 Å². The number of benzene rings is 1. The number of carbonyl (C=O) groups excluding carboxylic acids is 1. The van der Waals surface area contributed by atoms with Crippen molar-refractivity contribution in [2.24, 2.45) is 0 Å². The summed E-state index contributed by atoms with van der Waals surface area (Å²) in [5.41, 5.74) is 0. The van der Waals surface area contributed by atoms with E-state index in [0.717, 1.165) is 10.6 Å². The summed E-state index contributed by atoms with van der Waals surface area (Å²) in [6.45, 7) is 1.42. The van der Waals surface area contributed by atoms with Gasteiger partial charge in [-0.15, -0.1) is 11.3 Å². The van der Waals surface area contributed by atoms with Crippen LogP contribution in [-0.2, 0) is 17.9 Å². The van der Waals surface area contributed by atoms with Crippen LogP contribution in [0.2, 0.25) is 0 Å². The molecule has 6 heteroatoms. The van der Waals surface area contributed by atoms with E-state index in [2.05, 4.69) is 0 Å². The molecule has 3 rings (SSSR count). The van der Waals surface area contributed by atoms with Gasteiger partial charge in [0, 0.05) is 11.3 Å². The zero-order chi connectivity index (χ0) is 18.2. The van der Waals surface area contributed by atoms with Crippen molar-refractivity contribution in [1.29, 1.82) is 0 Å². The maximum atomic E-state index is 12.9. The predicted molar refractivity (Wildman–Crippen MR) is 98.4 cm³/mol. The van der Waals surface area contributed by atoms with Crippen LogP contribution < -0.4 is 4.74 Å². The molecule has 0 saturated carbocycles. The Kier molecular flexibility index (Phi) is 6.44. The van der Waals surface area contributed by atoms with Crippen LogP contribution >= 0.6 is 11.3 Å². The number of rotatable bonds is 9. The highest BCUT2D eigenvalue weighted by atomic mass is 32.1. The highest BCUT2D eigenvalue weighted by Crippen LogP contribution is 2.17. The van der Waals surface area contributed by atoms with Gasteiger partial charge in [0.1, 0.15) is 17.3 Å². The number of hydrogen-bond donors (Lipinski definition) is 0. The quantitative estimate of drug-likeness (QED) is 0.503. The second-order valence-electron chi connectivity index (χ2n) is 5.81. The fourth-order valence-corrected chi connectivity index (χ4v) is 3.24. The first kappa shape index (κ1) is 18.2. The Labute approximate surface area is 155 Å². The average Bonchev–Trinajstić information content (AvgIpc) is 3.33. The van der Waals surface area contributed by atoms with Gasteiger partial charge in [-0.2, -0.15) is 0 Å². The molecule has 2 heterocycles. The van der Waals surface area contributed by atoms with Gasteiger partial charge in [-0.25, -0.2) is 4.39 Å². The number of amides is 1. The van der Waals surface area contributed by atoms with Crippen molar-refractivity contribution >= 4 is 17.2 Å². The molecule has 0 saturated heterocycles. The molecule has 0 aliphatic heterocycles. The third kappa shape index (κ3) is 5.46. The van der Waals surface area contributed by atoms with Gasteiger partial charge in [-0.1, -0.05) is 6.07 Å². The van der Waals surface area contributed by atoms with E-state index in [1.165, 1.54) is 12.1 Å². The Balaban J connectivity index is 1.50. The molecule has 0 N–H and O–H groups in total. The van der Waals surface area contributed by atoms with E-state index in [1.807, 2.05) is 29.6 Å². The van der Waals surface area contributed by atoms with E-state index in [0.29, 0.717) is 38.3 Å². The van der Waals surface area contributed by atoms with Crippen LogP contribution in [0.15, 0.2) is 64.6 Å². The molecule has 1 aromatic carbocycles. The van der Waals surface area contributed by atoms with Crippen molar-refractivity contribution in [3.63, 3.8) is 0 Å². The molecule has 0 atom stereocenters. The Bertz CT molecular complexity index is 749. The number of ether oxygens (including phenoxy) is 1. The first-order valence-corrected chi connectivity index (χ1v) is 9.29. The van der Waals surface area contributed by atoms with Gasteiger partial charge in [0.25, 0.3) is 0 Å². The molecule has 2 aromatic heterocycles. The second kappa shape index (κ2) is 9.20. The molecular formula is C20H20FNO3S. The van der Waals surface area contributed by atoms with Crippen LogP contribution in [0.5, 0.6) is 5.75 Å². The summed E-state index contributed by atoms with van der Waals surface area (Å²) in [4.78, 5) is 15.6. The van der Waals surface area contributed by atoms with Crippen LogP contribution in [0, 0.1) is 5.82 Å².